The van der Waals surface area contributed by atoms with Gasteiger partial charge in [-0.3, -0.25) is 9.36 Å². The first-order chi connectivity index (χ1) is 9.65. The Hall–Kier alpha value is -2.61. The summed E-state index contributed by atoms with van der Waals surface area (Å²) in [5.41, 5.74) is 0.755. The lowest BCUT2D eigenvalue weighted by Gasteiger charge is -2.09. The predicted octanol–water partition coefficient (Wildman–Crippen LogP) is 1.34. The molecule has 2 rings (SSSR count). The van der Waals surface area contributed by atoms with E-state index >= 15 is 0 Å². The quantitative estimate of drug-likeness (QED) is 0.841. The van der Waals surface area contributed by atoms with Crippen LogP contribution in [0.25, 0.3) is 0 Å². The summed E-state index contributed by atoms with van der Waals surface area (Å²) in [6.45, 7) is 2.78. The Bertz CT molecular complexity index is 748. The standard InChI is InChI=1S/C15H15N3O2/c1-2-8-17-9-7-14(19)18(15(17)20)11-13-5-3-12(10-16)4-6-13/h3-7,9H,2,8,11H2,1H3. The van der Waals surface area contributed by atoms with Crippen molar-refractivity contribution < 1.29 is 0 Å². The van der Waals surface area contributed by atoms with Gasteiger partial charge < -0.3 is 4.57 Å². The minimum Gasteiger partial charge on any atom is -0.300 e. The van der Waals surface area contributed by atoms with E-state index in [0.29, 0.717) is 12.1 Å². The molecule has 0 aliphatic carbocycles. The molecule has 0 unspecified atom stereocenters. The second-order valence-corrected chi connectivity index (χ2v) is 4.52. The molecular formula is C15H15N3O2. The number of aromatic nitrogens is 2. The van der Waals surface area contributed by atoms with Gasteiger partial charge >= 0.3 is 5.69 Å². The number of aryl methyl sites for hydroxylation is 1. The van der Waals surface area contributed by atoms with Crippen LogP contribution in [0, 0.1) is 11.3 Å². The van der Waals surface area contributed by atoms with E-state index in [0.717, 1.165) is 12.0 Å². The van der Waals surface area contributed by atoms with Crippen molar-refractivity contribution in [1.29, 1.82) is 5.26 Å². The van der Waals surface area contributed by atoms with Crippen LogP contribution in [0.1, 0.15) is 24.5 Å². The molecule has 5 nitrogen and oxygen atoms in total. The summed E-state index contributed by atoms with van der Waals surface area (Å²) in [6.07, 6.45) is 2.36. The van der Waals surface area contributed by atoms with E-state index in [1.54, 1.807) is 24.3 Å². The Balaban J connectivity index is 2.37. The molecule has 1 heterocycles. The zero-order chi connectivity index (χ0) is 14.5. The molecule has 2 aromatic rings. The van der Waals surface area contributed by atoms with Crippen LogP contribution in [0.5, 0.6) is 0 Å². The van der Waals surface area contributed by atoms with Crippen molar-refractivity contribution in [2.75, 3.05) is 0 Å². The van der Waals surface area contributed by atoms with Crippen molar-refractivity contribution in [2.45, 2.75) is 26.4 Å². The molecule has 0 aliphatic heterocycles. The highest BCUT2D eigenvalue weighted by atomic mass is 16.2. The molecule has 0 aliphatic rings. The average molecular weight is 269 g/mol. The highest BCUT2D eigenvalue weighted by Gasteiger charge is 2.05. The van der Waals surface area contributed by atoms with E-state index < -0.39 is 0 Å². The average Bonchev–Trinajstić information content (AvgIpc) is 2.47. The predicted molar refractivity (Wildman–Crippen MR) is 75.5 cm³/mol. The van der Waals surface area contributed by atoms with Gasteiger partial charge in [0.2, 0.25) is 0 Å². The van der Waals surface area contributed by atoms with Crippen molar-refractivity contribution in [3.8, 4) is 6.07 Å². The Morgan fingerprint density at radius 3 is 2.45 bits per heavy atom. The van der Waals surface area contributed by atoms with Crippen LogP contribution in [-0.2, 0) is 13.1 Å². The molecule has 0 saturated heterocycles. The third-order valence-corrected chi connectivity index (χ3v) is 3.03. The minimum atomic E-state index is -0.313. The van der Waals surface area contributed by atoms with Gasteiger partial charge in [-0.2, -0.15) is 5.26 Å². The van der Waals surface area contributed by atoms with Gasteiger partial charge in [-0.25, -0.2) is 4.79 Å². The number of hydrogen-bond donors (Lipinski definition) is 0. The molecule has 1 aromatic heterocycles. The largest absolute Gasteiger partial charge is 0.331 e. The molecule has 0 atom stereocenters. The van der Waals surface area contributed by atoms with Crippen molar-refractivity contribution in [3.63, 3.8) is 0 Å². The maximum absolute atomic E-state index is 12.2. The Kier molecular flexibility index (Phi) is 4.16. The summed E-state index contributed by atoms with van der Waals surface area (Å²) in [5.74, 6) is 0. The molecule has 0 bridgehead atoms. The van der Waals surface area contributed by atoms with E-state index in [1.165, 1.54) is 21.4 Å². The van der Waals surface area contributed by atoms with Crippen LogP contribution in [0.4, 0.5) is 0 Å². The molecule has 0 fully saturated rings. The Morgan fingerprint density at radius 1 is 1.15 bits per heavy atom. The van der Waals surface area contributed by atoms with Gasteiger partial charge in [-0.1, -0.05) is 19.1 Å². The van der Waals surface area contributed by atoms with Gasteiger partial charge in [0.25, 0.3) is 5.56 Å². The lowest BCUT2D eigenvalue weighted by Crippen LogP contribution is -2.39. The van der Waals surface area contributed by atoms with Gasteiger partial charge in [-0.15, -0.1) is 0 Å². The molecule has 0 radical (unpaired) electrons. The summed E-state index contributed by atoms with van der Waals surface area (Å²) in [6, 6.07) is 10.3. The van der Waals surface area contributed by atoms with Crippen molar-refractivity contribution in [1.82, 2.24) is 9.13 Å². The van der Waals surface area contributed by atoms with Crippen molar-refractivity contribution in [3.05, 3.63) is 68.5 Å². The van der Waals surface area contributed by atoms with E-state index in [2.05, 4.69) is 0 Å². The topological polar surface area (TPSA) is 67.8 Å². The van der Waals surface area contributed by atoms with E-state index in [4.69, 9.17) is 5.26 Å². The second-order valence-electron chi connectivity index (χ2n) is 4.52. The fourth-order valence-corrected chi connectivity index (χ4v) is 1.98. The van der Waals surface area contributed by atoms with Gasteiger partial charge in [0.1, 0.15) is 0 Å². The van der Waals surface area contributed by atoms with Crippen LogP contribution >= 0.6 is 0 Å². The van der Waals surface area contributed by atoms with Gasteiger partial charge in [0.15, 0.2) is 0 Å². The summed E-state index contributed by atoms with van der Waals surface area (Å²) < 4.78 is 2.74. The fraction of sp³-hybridized carbons (Fsp3) is 0.267. The highest BCUT2D eigenvalue weighted by Crippen LogP contribution is 2.03. The third-order valence-electron chi connectivity index (χ3n) is 3.03. The normalized spacial score (nSPS) is 10.2. The highest BCUT2D eigenvalue weighted by molar-refractivity contribution is 5.31. The number of nitrogens with zero attached hydrogens (tertiary/aromatic N) is 3. The molecule has 102 valence electrons. The van der Waals surface area contributed by atoms with Crippen molar-refractivity contribution >= 4 is 0 Å². The summed E-state index contributed by atoms with van der Waals surface area (Å²) in [4.78, 5) is 24.0. The molecule has 0 saturated carbocycles. The van der Waals surface area contributed by atoms with Crippen molar-refractivity contribution in [2.24, 2.45) is 0 Å². The van der Waals surface area contributed by atoms with Gasteiger partial charge in [-0.05, 0) is 24.1 Å². The number of hydrogen-bond acceptors (Lipinski definition) is 3. The number of nitriles is 1. The maximum atomic E-state index is 12.2. The first-order valence-electron chi connectivity index (χ1n) is 6.45. The van der Waals surface area contributed by atoms with Crippen LogP contribution in [0.2, 0.25) is 0 Å². The first-order valence-corrected chi connectivity index (χ1v) is 6.45. The SMILES string of the molecule is CCCn1ccc(=O)n(Cc2ccc(C#N)cc2)c1=O. The molecule has 1 aromatic carbocycles. The summed E-state index contributed by atoms with van der Waals surface area (Å²) in [7, 11) is 0. The molecule has 5 heteroatoms. The molecule has 0 amide bonds. The lowest BCUT2D eigenvalue weighted by molar-refractivity contribution is 0.570. The van der Waals surface area contributed by atoms with E-state index in [9.17, 15) is 9.59 Å². The second kappa shape index (κ2) is 6.02. The maximum Gasteiger partial charge on any atom is 0.331 e. The first kappa shape index (κ1) is 13.8. The third kappa shape index (κ3) is 2.86. The molecule has 0 N–H and O–H groups in total. The molecule has 20 heavy (non-hydrogen) atoms. The molecular weight excluding hydrogens is 254 g/mol. The Labute approximate surface area is 116 Å². The zero-order valence-corrected chi connectivity index (χ0v) is 11.2. The van der Waals surface area contributed by atoms with E-state index in [-0.39, 0.29) is 17.8 Å². The smallest absolute Gasteiger partial charge is 0.300 e. The van der Waals surface area contributed by atoms with Crippen LogP contribution in [-0.4, -0.2) is 9.13 Å². The van der Waals surface area contributed by atoms with Crippen LogP contribution in [0.15, 0.2) is 46.1 Å². The Morgan fingerprint density at radius 2 is 1.85 bits per heavy atom. The monoisotopic (exact) mass is 269 g/mol. The van der Waals surface area contributed by atoms with Gasteiger partial charge in [0.05, 0.1) is 18.2 Å². The lowest BCUT2D eigenvalue weighted by atomic mass is 10.1. The van der Waals surface area contributed by atoms with Crippen LogP contribution < -0.4 is 11.2 Å². The molecule has 0 spiro atoms. The van der Waals surface area contributed by atoms with Crippen LogP contribution in [0.3, 0.4) is 0 Å². The minimum absolute atomic E-state index is 0.216. The number of rotatable bonds is 4. The fourth-order valence-electron chi connectivity index (χ4n) is 1.98. The van der Waals surface area contributed by atoms with E-state index in [1.807, 2.05) is 13.0 Å². The summed E-state index contributed by atoms with van der Waals surface area (Å²) in [5, 5.41) is 8.74. The summed E-state index contributed by atoms with van der Waals surface area (Å²) >= 11 is 0. The number of benzene rings is 1. The van der Waals surface area contributed by atoms with Gasteiger partial charge in [0, 0.05) is 18.8 Å². The zero-order valence-electron chi connectivity index (χ0n) is 11.2.